The van der Waals surface area contributed by atoms with Crippen LogP contribution in [0.25, 0.3) is 16.8 Å². The van der Waals surface area contributed by atoms with E-state index in [9.17, 15) is 14.3 Å². The van der Waals surface area contributed by atoms with Gasteiger partial charge in [-0.3, -0.25) is 9.79 Å². The minimum Gasteiger partial charge on any atom is -0.496 e. The zero-order valence-electron chi connectivity index (χ0n) is 20.7. The lowest BCUT2D eigenvalue weighted by atomic mass is 10.0. The smallest absolute Gasteiger partial charge is 0.251 e. The lowest BCUT2D eigenvalue weighted by molar-refractivity contribution is 0.0913. The Morgan fingerprint density at radius 2 is 1.95 bits per heavy atom. The van der Waals surface area contributed by atoms with Crippen molar-refractivity contribution in [2.75, 3.05) is 20.8 Å². The van der Waals surface area contributed by atoms with E-state index in [4.69, 9.17) is 21.1 Å². The van der Waals surface area contributed by atoms with Crippen LogP contribution in [0.1, 0.15) is 34.6 Å². The number of aromatic nitrogens is 1. The minimum absolute atomic E-state index is 0.0601. The molecule has 1 heterocycles. The lowest BCUT2D eigenvalue weighted by Gasteiger charge is -2.16. The fourth-order valence-electron chi connectivity index (χ4n) is 3.61. The Morgan fingerprint density at radius 3 is 2.59 bits per heavy atom. The summed E-state index contributed by atoms with van der Waals surface area (Å²) in [6, 6.07) is 12.4. The molecule has 9 heteroatoms. The molecular weight excluding hydrogens is 497 g/mol. The molecule has 0 saturated heterocycles. The second kappa shape index (κ2) is 12.8. The average Bonchev–Trinajstić information content (AvgIpc) is 2.92. The predicted molar refractivity (Wildman–Crippen MR) is 144 cm³/mol. The van der Waals surface area contributed by atoms with Crippen LogP contribution in [-0.4, -0.2) is 43.5 Å². The molecule has 0 saturated carbocycles. The number of aliphatic hydroxyl groups is 1. The first-order chi connectivity index (χ1) is 17.8. The minimum atomic E-state index is -1.12. The van der Waals surface area contributed by atoms with E-state index in [1.807, 2.05) is 19.1 Å². The third-order valence-corrected chi connectivity index (χ3v) is 5.73. The number of pyridine rings is 1. The predicted octanol–water partition coefficient (Wildman–Crippen LogP) is 5.64. The number of carbonyl (C=O) groups is 1. The SMILES string of the molecule is C=N/C=C(\C=C/C)c1ccc(C(=O)NCC(O)c2ccc(OC)c(-c3ccc(F)c(Cl)c3)n2)cc1OC. The van der Waals surface area contributed by atoms with Gasteiger partial charge >= 0.3 is 0 Å². The van der Waals surface area contributed by atoms with Crippen LogP contribution in [0, 0.1) is 5.82 Å². The van der Waals surface area contributed by atoms with Crippen molar-refractivity contribution in [2.24, 2.45) is 4.99 Å². The van der Waals surface area contributed by atoms with Crippen molar-refractivity contribution in [3.05, 3.63) is 94.5 Å². The van der Waals surface area contributed by atoms with Crippen molar-refractivity contribution in [1.82, 2.24) is 10.3 Å². The van der Waals surface area contributed by atoms with Crippen LogP contribution >= 0.6 is 11.6 Å². The molecule has 1 amide bonds. The molecule has 0 aliphatic heterocycles. The molecule has 2 aromatic carbocycles. The Bertz CT molecular complexity index is 1360. The van der Waals surface area contributed by atoms with Crippen LogP contribution in [0.3, 0.4) is 0 Å². The molecule has 2 N–H and O–H groups in total. The first kappa shape index (κ1) is 27.6. The standard InChI is InChI=1S/C28H27ClFN3O4/c1-5-6-19(15-31-2)20-9-7-18(14-26(20)37-4)28(35)32-16-24(34)23-11-12-25(36-3)27(33-23)17-8-10-22(30)21(29)13-17/h5-15,24,34H,2,16H2,1,3-4H3,(H,32,35)/b6-5-,19-15+. The highest BCUT2D eigenvalue weighted by Gasteiger charge is 2.18. The third-order valence-electron chi connectivity index (χ3n) is 5.44. The number of carbonyl (C=O) groups excluding carboxylic acids is 1. The number of halogens is 2. The first-order valence-corrected chi connectivity index (χ1v) is 11.6. The summed E-state index contributed by atoms with van der Waals surface area (Å²) in [4.78, 5) is 21.1. The Hall–Kier alpha value is -4.01. The van der Waals surface area contributed by atoms with E-state index in [-0.39, 0.29) is 11.6 Å². The molecule has 0 bridgehead atoms. The first-order valence-electron chi connectivity index (χ1n) is 11.3. The van der Waals surface area contributed by atoms with E-state index in [1.165, 1.54) is 32.4 Å². The summed E-state index contributed by atoms with van der Waals surface area (Å²) in [5.74, 6) is -0.0470. The topological polar surface area (TPSA) is 93.0 Å². The van der Waals surface area contributed by atoms with E-state index in [1.54, 1.807) is 36.5 Å². The van der Waals surface area contributed by atoms with E-state index < -0.39 is 17.8 Å². The largest absolute Gasteiger partial charge is 0.496 e. The molecule has 1 atom stereocenters. The van der Waals surface area contributed by atoms with Gasteiger partial charge in [0.2, 0.25) is 0 Å². The molecule has 192 valence electrons. The second-order valence-electron chi connectivity index (χ2n) is 7.82. The summed E-state index contributed by atoms with van der Waals surface area (Å²) in [6.45, 7) is 5.27. The number of aliphatic hydroxyl groups excluding tert-OH is 1. The van der Waals surface area contributed by atoms with Crippen molar-refractivity contribution in [3.8, 4) is 22.8 Å². The molecule has 0 aliphatic rings. The molecule has 3 rings (SSSR count). The van der Waals surface area contributed by atoms with Crippen molar-refractivity contribution in [2.45, 2.75) is 13.0 Å². The van der Waals surface area contributed by atoms with Crippen molar-refractivity contribution >= 4 is 29.8 Å². The Kier molecular flexibility index (Phi) is 9.54. The maximum absolute atomic E-state index is 13.6. The van der Waals surface area contributed by atoms with Crippen molar-refractivity contribution in [1.29, 1.82) is 0 Å². The zero-order chi connectivity index (χ0) is 26.9. The summed E-state index contributed by atoms with van der Waals surface area (Å²) in [7, 11) is 2.99. The van der Waals surface area contributed by atoms with Gasteiger partial charge in [-0.25, -0.2) is 9.37 Å². The van der Waals surface area contributed by atoms with Gasteiger partial charge in [-0.15, -0.1) is 0 Å². The number of amides is 1. The quantitative estimate of drug-likeness (QED) is 0.265. The van der Waals surface area contributed by atoms with E-state index in [2.05, 4.69) is 22.0 Å². The van der Waals surface area contributed by atoms with Gasteiger partial charge in [0, 0.05) is 35.0 Å². The van der Waals surface area contributed by atoms with Gasteiger partial charge in [-0.05, 0) is 62.2 Å². The molecule has 37 heavy (non-hydrogen) atoms. The number of aliphatic imine (C=N–C) groups is 1. The van der Waals surface area contributed by atoms with Gasteiger partial charge in [0.15, 0.2) is 0 Å². The van der Waals surface area contributed by atoms with Crippen LogP contribution in [-0.2, 0) is 0 Å². The van der Waals surface area contributed by atoms with Gasteiger partial charge in [-0.1, -0.05) is 23.8 Å². The Balaban J connectivity index is 1.79. The fourth-order valence-corrected chi connectivity index (χ4v) is 3.79. The second-order valence-corrected chi connectivity index (χ2v) is 8.23. The number of rotatable bonds is 10. The van der Waals surface area contributed by atoms with Gasteiger partial charge < -0.3 is 19.9 Å². The summed E-state index contributed by atoms with van der Waals surface area (Å²) < 4.78 is 24.5. The zero-order valence-corrected chi connectivity index (χ0v) is 21.4. The maximum Gasteiger partial charge on any atom is 0.251 e. The third kappa shape index (κ3) is 6.61. The molecule has 7 nitrogen and oxygen atoms in total. The maximum atomic E-state index is 13.6. The van der Waals surface area contributed by atoms with Crippen LogP contribution in [0.2, 0.25) is 5.02 Å². The molecule has 1 unspecified atom stereocenters. The molecular formula is C28H27ClFN3O4. The summed E-state index contributed by atoms with van der Waals surface area (Å²) in [6.07, 6.45) is 4.21. The molecule has 0 aliphatic carbocycles. The van der Waals surface area contributed by atoms with Crippen LogP contribution in [0.4, 0.5) is 4.39 Å². The van der Waals surface area contributed by atoms with Gasteiger partial charge in [0.1, 0.15) is 29.1 Å². The van der Waals surface area contributed by atoms with Crippen molar-refractivity contribution in [3.63, 3.8) is 0 Å². The molecule has 0 fully saturated rings. The number of ether oxygens (including phenoxy) is 2. The van der Waals surface area contributed by atoms with Crippen LogP contribution in [0.5, 0.6) is 11.5 Å². The highest BCUT2D eigenvalue weighted by molar-refractivity contribution is 6.31. The van der Waals surface area contributed by atoms with Gasteiger partial charge in [0.05, 0.1) is 24.9 Å². The van der Waals surface area contributed by atoms with Crippen LogP contribution < -0.4 is 14.8 Å². The van der Waals surface area contributed by atoms with Gasteiger partial charge in [0.25, 0.3) is 5.91 Å². The summed E-state index contributed by atoms with van der Waals surface area (Å²) in [5.41, 5.74) is 3.07. The number of nitrogens with zero attached hydrogens (tertiary/aromatic N) is 2. The van der Waals surface area contributed by atoms with Crippen molar-refractivity contribution < 1.29 is 23.8 Å². The number of benzene rings is 2. The summed E-state index contributed by atoms with van der Waals surface area (Å²) >= 11 is 5.92. The number of hydrogen-bond donors (Lipinski definition) is 2. The Labute approximate surface area is 219 Å². The summed E-state index contributed by atoms with van der Waals surface area (Å²) in [5, 5.41) is 13.4. The molecule has 1 aromatic heterocycles. The van der Waals surface area contributed by atoms with E-state index >= 15 is 0 Å². The number of methoxy groups -OCH3 is 2. The van der Waals surface area contributed by atoms with E-state index in [0.29, 0.717) is 34.0 Å². The highest BCUT2D eigenvalue weighted by Crippen LogP contribution is 2.32. The molecule has 3 aromatic rings. The fraction of sp³-hybridized carbons (Fsp3) is 0.179. The monoisotopic (exact) mass is 523 g/mol. The Morgan fingerprint density at radius 1 is 1.19 bits per heavy atom. The van der Waals surface area contributed by atoms with E-state index in [0.717, 1.165) is 11.1 Å². The van der Waals surface area contributed by atoms with Crippen LogP contribution in [0.15, 0.2) is 71.9 Å². The molecule has 0 spiro atoms. The average molecular weight is 524 g/mol. The highest BCUT2D eigenvalue weighted by atomic mass is 35.5. The molecule has 0 radical (unpaired) electrons. The lowest BCUT2D eigenvalue weighted by Crippen LogP contribution is -2.28. The number of hydrogen-bond acceptors (Lipinski definition) is 6. The normalized spacial score (nSPS) is 12.3. The number of allylic oxidation sites excluding steroid dienone is 3. The van der Waals surface area contributed by atoms with Gasteiger partial charge in [-0.2, -0.15) is 0 Å². The number of nitrogens with one attached hydrogen (secondary N) is 1.